The highest BCUT2D eigenvalue weighted by Gasteiger charge is 2.62. The van der Waals surface area contributed by atoms with E-state index in [2.05, 4.69) is 24.8 Å². The molecule has 0 radical (unpaired) electrons. The summed E-state index contributed by atoms with van der Waals surface area (Å²) in [6.07, 6.45) is 6.37. The topological polar surface area (TPSA) is 72.3 Å². The molecule has 0 unspecified atom stereocenters. The van der Waals surface area contributed by atoms with Crippen LogP contribution in [0.2, 0.25) is 0 Å². The first-order valence-corrected chi connectivity index (χ1v) is 10.9. The molecule has 3 fully saturated rings. The number of hydrogen-bond donors (Lipinski definition) is 1. The summed E-state index contributed by atoms with van der Waals surface area (Å²) in [5.41, 5.74) is 0.796. The second kappa shape index (κ2) is 6.64. The molecule has 8 heteroatoms. The number of ether oxygens (including phenoxy) is 1. The van der Waals surface area contributed by atoms with Crippen molar-refractivity contribution in [3.8, 4) is 0 Å². The number of hydrogen-bond acceptors (Lipinski definition) is 6. The van der Waals surface area contributed by atoms with Crippen LogP contribution < -0.4 is 5.32 Å². The van der Waals surface area contributed by atoms with Gasteiger partial charge in [-0.2, -0.15) is 0 Å². The third-order valence-electron chi connectivity index (χ3n) is 6.75. The minimum atomic E-state index is -0.0256. The van der Waals surface area contributed by atoms with Crippen LogP contribution in [0.1, 0.15) is 39.0 Å². The Hall–Kier alpha value is -1.77. The number of amides is 1. The third-order valence-corrected chi connectivity index (χ3v) is 7.82. The molecule has 2 bridgehead atoms. The van der Waals surface area contributed by atoms with Gasteiger partial charge in [0, 0.05) is 50.9 Å². The number of fused-ring (bicyclic) bond motifs is 1. The SMILES string of the molecule is Cc1nc(C)c(C(=O)NC[C@H]2[C@H]3CN(Cc4nccn4C)C[C@]34CC[C@H]2O4)s1. The van der Waals surface area contributed by atoms with E-state index in [0.717, 1.165) is 53.9 Å². The average Bonchev–Trinajstić information content (AvgIpc) is 3.43. The molecule has 7 nitrogen and oxygen atoms in total. The lowest BCUT2D eigenvalue weighted by Crippen LogP contribution is -2.41. The van der Waals surface area contributed by atoms with Gasteiger partial charge in [-0.05, 0) is 26.7 Å². The van der Waals surface area contributed by atoms with Crippen LogP contribution in [-0.2, 0) is 18.3 Å². The zero-order valence-electron chi connectivity index (χ0n) is 16.6. The number of carbonyl (C=O) groups is 1. The van der Waals surface area contributed by atoms with Crippen molar-refractivity contribution in [1.82, 2.24) is 24.8 Å². The minimum Gasteiger partial charge on any atom is -0.370 e. The van der Waals surface area contributed by atoms with Crippen molar-refractivity contribution in [1.29, 1.82) is 0 Å². The molecule has 5 rings (SSSR count). The molecule has 0 saturated carbocycles. The lowest BCUT2D eigenvalue weighted by Gasteiger charge is -2.29. The molecule has 150 valence electrons. The lowest BCUT2D eigenvalue weighted by molar-refractivity contribution is 0.00188. The van der Waals surface area contributed by atoms with Crippen LogP contribution >= 0.6 is 11.3 Å². The molecule has 1 N–H and O–H groups in total. The molecule has 3 saturated heterocycles. The maximum atomic E-state index is 12.6. The Morgan fingerprint density at radius 3 is 3.04 bits per heavy atom. The van der Waals surface area contributed by atoms with Crippen molar-refractivity contribution in [3.63, 3.8) is 0 Å². The molecule has 1 spiro atoms. The van der Waals surface area contributed by atoms with Crippen molar-refractivity contribution in [2.45, 2.75) is 44.9 Å². The first kappa shape index (κ1) is 18.3. The molecule has 3 aliphatic rings. The van der Waals surface area contributed by atoms with E-state index in [1.807, 2.05) is 33.3 Å². The van der Waals surface area contributed by atoms with E-state index in [-0.39, 0.29) is 17.6 Å². The van der Waals surface area contributed by atoms with Crippen molar-refractivity contribution < 1.29 is 9.53 Å². The van der Waals surface area contributed by atoms with Gasteiger partial charge in [-0.15, -0.1) is 11.3 Å². The van der Waals surface area contributed by atoms with Gasteiger partial charge in [0.1, 0.15) is 10.7 Å². The van der Waals surface area contributed by atoms with E-state index in [0.29, 0.717) is 18.4 Å². The second-order valence-corrected chi connectivity index (χ2v) is 9.71. The predicted octanol–water partition coefficient (Wildman–Crippen LogP) is 1.90. The van der Waals surface area contributed by atoms with Crippen molar-refractivity contribution in [3.05, 3.63) is 33.8 Å². The van der Waals surface area contributed by atoms with Crippen LogP contribution in [0.25, 0.3) is 0 Å². The normalized spacial score (nSPS) is 31.5. The van der Waals surface area contributed by atoms with Crippen LogP contribution in [0.5, 0.6) is 0 Å². The fourth-order valence-corrected chi connectivity index (χ4v) is 6.30. The summed E-state index contributed by atoms with van der Waals surface area (Å²) in [5.74, 6) is 1.96. The van der Waals surface area contributed by atoms with Gasteiger partial charge in [-0.1, -0.05) is 0 Å². The Balaban J connectivity index is 1.26. The molecule has 5 heterocycles. The van der Waals surface area contributed by atoms with Gasteiger partial charge in [-0.3, -0.25) is 9.69 Å². The zero-order chi connectivity index (χ0) is 19.5. The Morgan fingerprint density at radius 2 is 2.32 bits per heavy atom. The molecule has 2 aromatic rings. The van der Waals surface area contributed by atoms with E-state index in [1.165, 1.54) is 11.3 Å². The van der Waals surface area contributed by atoms with Crippen LogP contribution in [0.3, 0.4) is 0 Å². The van der Waals surface area contributed by atoms with E-state index >= 15 is 0 Å². The Morgan fingerprint density at radius 1 is 1.46 bits per heavy atom. The monoisotopic (exact) mass is 401 g/mol. The number of nitrogens with one attached hydrogen (secondary N) is 1. The number of thiazole rings is 1. The van der Waals surface area contributed by atoms with Crippen LogP contribution in [0, 0.1) is 25.7 Å². The molecule has 0 aromatic carbocycles. The maximum Gasteiger partial charge on any atom is 0.263 e. The number of aromatic nitrogens is 3. The van der Waals surface area contributed by atoms with Gasteiger partial charge < -0.3 is 14.6 Å². The molecule has 3 aliphatic heterocycles. The van der Waals surface area contributed by atoms with E-state index in [9.17, 15) is 4.79 Å². The molecule has 0 aliphatic carbocycles. The van der Waals surface area contributed by atoms with Crippen LogP contribution in [-0.4, -0.2) is 56.7 Å². The summed E-state index contributed by atoms with van der Waals surface area (Å²) in [6.45, 7) is 7.37. The van der Waals surface area contributed by atoms with Gasteiger partial charge in [-0.25, -0.2) is 9.97 Å². The summed E-state index contributed by atoms with van der Waals surface area (Å²) in [7, 11) is 2.04. The van der Waals surface area contributed by atoms with E-state index in [1.54, 1.807) is 0 Å². The number of rotatable bonds is 5. The lowest BCUT2D eigenvalue weighted by atomic mass is 9.73. The predicted molar refractivity (Wildman–Crippen MR) is 106 cm³/mol. The van der Waals surface area contributed by atoms with Gasteiger partial charge in [0.2, 0.25) is 0 Å². The molecule has 28 heavy (non-hydrogen) atoms. The first-order valence-electron chi connectivity index (χ1n) is 10.0. The summed E-state index contributed by atoms with van der Waals surface area (Å²) < 4.78 is 8.60. The summed E-state index contributed by atoms with van der Waals surface area (Å²) in [6, 6.07) is 0. The van der Waals surface area contributed by atoms with Crippen molar-refractivity contribution in [2.24, 2.45) is 18.9 Å². The number of nitrogens with zero attached hydrogens (tertiary/aromatic N) is 4. The third kappa shape index (κ3) is 2.89. The van der Waals surface area contributed by atoms with Gasteiger partial charge >= 0.3 is 0 Å². The highest BCUT2D eigenvalue weighted by molar-refractivity contribution is 7.13. The number of imidazole rings is 1. The fraction of sp³-hybridized carbons (Fsp3) is 0.650. The molecule has 2 aromatic heterocycles. The largest absolute Gasteiger partial charge is 0.370 e. The quantitative estimate of drug-likeness (QED) is 0.829. The van der Waals surface area contributed by atoms with Crippen LogP contribution in [0.15, 0.2) is 12.4 Å². The van der Waals surface area contributed by atoms with Gasteiger partial charge in [0.15, 0.2) is 0 Å². The van der Waals surface area contributed by atoms with Crippen molar-refractivity contribution >= 4 is 17.2 Å². The summed E-state index contributed by atoms with van der Waals surface area (Å²) in [5, 5.41) is 4.11. The van der Waals surface area contributed by atoms with Gasteiger partial charge in [0.05, 0.1) is 29.0 Å². The maximum absolute atomic E-state index is 12.6. The summed E-state index contributed by atoms with van der Waals surface area (Å²) in [4.78, 5) is 24.7. The Labute approximate surface area is 169 Å². The smallest absolute Gasteiger partial charge is 0.263 e. The average molecular weight is 402 g/mol. The highest BCUT2D eigenvalue weighted by Crippen LogP contribution is 2.54. The second-order valence-electron chi connectivity index (χ2n) is 8.51. The Bertz CT molecular complexity index is 908. The Kier molecular flexibility index (Phi) is 4.33. The number of aryl methyl sites for hydroxylation is 3. The van der Waals surface area contributed by atoms with Gasteiger partial charge in [0.25, 0.3) is 5.91 Å². The fourth-order valence-electron chi connectivity index (χ4n) is 5.46. The molecule has 4 atom stereocenters. The first-order chi connectivity index (χ1) is 13.4. The number of likely N-dealkylation sites (tertiary alicyclic amines) is 1. The molecule has 1 amide bonds. The van der Waals surface area contributed by atoms with Crippen LogP contribution in [0.4, 0.5) is 0 Å². The zero-order valence-corrected chi connectivity index (χ0v) is 17.5. The standard InChI is InChI=1S/C20H27N5O2S/c1-12-18(28-13(2)23-12)19(26)22-8-14-15-9-25(10-17-21-6-7-24(17)3)11-20(15)5-4-16(14)27-20/h6-7,14-16H,4-5,8-11H2,1-3H3,(H,22,26)/t14-,15+,16+,20+/m0/s1. The highest BCUT2D eigenvalue weighted by atomic mass is 32.1. The summed E-state index contributed by atoms with van der Waals surface area (Å²) >= 11 is 1.47. The van der Waals surface area contributed by atoms with E-state index in [4.69, 9.17) is 4.74 Å². The molecular formula is C20H27N5O2S. The molecular weight excluding hydrogens is 374 g/mol. The minimum absolute atomic E-state index is 0.00258. The number of carbonyl (C=O) groups excluding carboxylic acids is 1. The van der Waals surface area contributed by atoms with E-state index < -0.39 is 0 Å². The van der Waals surface area contributed by atoms with Crippen molar-refractivity contribution in [2.75, 3.05) is 19.6 Å².